The molecular weight excluding hydrogens is 536 g/mol. The van der Waals surface area contributed by atoms with E-state index < -0.39 is 0 Å². The van der Waals surface area contributed by atoms with E-state index in [0.29, 0.717) is 0 Å². The van der Waals surface area contributed by atoms with Crippen molar-refractivity contribution in [2.75, 3.05) is 0 Å². The molecule has 4 heteroatoms. The maximum atomic E-state index is 9.09. The molecular formula is C40H40N4. The Labute approximate surface area is 263 Å². The van der Waals surface area contributed by atoms with Gasteiger partial charge < -0.3 is 0 Å². The van der Waals surface area contributed by atoms with E-state index in [-0.39, 0.29) is 22.0 Å². The van der Waals surface area contributed by atoms with Crippen LogP contribution in [-0.2, 0) is 0 Å². The summed E-state index contributed by atoms with van der Waals surface area (Å²) in [5, 5.41) is 36.4. The summed E-state index contributed by atoms with van der Waals surface area (Å²) < 4.78 is 0. The van der Waals surface area contributed by atoms with Gasteiger partial charge in [-0.2, -0.15) is 21.0 Å². The Hall–Kier alpha value is -5.16. The summed E-state index contributed by atoms with van der Waals surface area (Å²) in [5.74, 6) is 0. The van der Waals surface area contributed by atoms with Gasteiger partial charge in [-0.15, -0.1) is 0 Å². The van der Waals surface area contributed by atoms with E-state index in [1.807, 2.05) is 36.4 Å². The summed E-state index contributed by atoms with van der Waals surface area (Å²) in [6, 6.07) is 24.8. The number of hydrogen-bond donors (Lipinski definition) is 0. The molecule has 0 heterocycles. The fourth-order valence-electron chi connectivity index (χ4n) is 5.55. The molecule has 0 radical (unpaired) electrons. The first kappa shape index (κ1) is 33.3. The lowest BCUT2D eigenvalue weighted by atomic mass is 9.74. The molecule has 2 aromatic rings. The zero-order chi connectivity index (χ0) is 32.3. The summed E-state index contributed by atoms with van der Waals surface area (Å²) in [6.45, 7) is 12.8. The van der Waals surface area contributed by atoms with Crippen LogP contribution in [0.2, 0.25) is 0 Å². The zero-order valence-electron chi connectivity index (χ0n) is 26.7. The first-order valence-electron chi connectivity index (χ1n) is 14.8. The lowest BCUT2D eigenvalue weighted by molar-refractivity contribution is 0.354. The molecule has 0 fully saturated rings. The normalized spacial score (nSPS) is 16.8. The van der Waals surface area contributed by atoms with Gasteiger partial charge in [0.1, 0.15) is 35.4 Å². The summed E-state index contributed by atoms with van der Waals surface area (Å²) >= 11 is 0. The minimum Gasteiger partial charge on any atom is -0.192 e. The Kier molecular flexibility index (Phi) is 11.2. The van der Waals surface area contributed by atoms with Crippen LogP contribution in [0.15, 0.2) is 106 Å². The minimum atomic E-state index is 0.0655. The number of hydrogen-bond acceptors (Lipinski definition) is 4. The van der Waals surface area contributed by atoms with Crippen LogP contribution in [0.25, 0.3) is 12.2 Å². The van der Waals surface area contributed by atoms with Crippen LogP contribution in [0.1, 0.15) is 75.6 Å². The minimum absolute atomic E-state index is 0.0655. The van der Waals surface area contributed by atoms with E-state index in [1.54, 1.807) is 0 Å². The molecule has 0 aliphatic heterocycles. The lowest BCUT2D eigenvalue weighted by Crippen LogP contribution is -2.17. The average Bonchev–Trinajstić information content (AvgIpc) is 2.97. The highest BCUT2D eigenvalue weighted by molar-refractivity contribution is 5.57. The molecule has 0 N–H and O–H groups in total. The molecule has 0 saturated heterocycles. The number of allylic oxidation sites excluding steroid dienone is 10. The molecule has 0 saturated carbocycles. The maximum Gasteiger partial charge on any atom is 0.132 e. The van der Waals surface area contributed by atoms with Gasteiger partial charge in [-0.25, -0.2) is 0 Å². The third kappa shape index (κ3) is 9.99. The molecule has 0 atom stereocenters. The number of nitriles is 4. The summed E-state index contributed by atoms with van der Waals surface area (Å²) in [7, 11) is 0. The molecule has 44 heavy (non-hydrogen) atoms. The molecule has 220 valence electrons. The molecule has 0 unspecified atom stereocenters. The highest BCUT2D eigenvalue weighted by atomic mass is 14.4. The second kappa shape index (κ2) is 14.8. The van der Waals surface area contributed by atoms with Gasteiger partial charge >= 0.3 is 0 Å². The smallest absolute Gasteiger partial charge is 0.132 e. The largest absolute Gasteiger partial charge is 0.192 e. The van der Waals surface area contributed by atoms with Crippen LogP contribution in [0.4, 0.5) is 0 Å². The highest BCUT2D eigenvalue weighted by Crippen LogP contribution is 2.40. The molecule has 2 aliphatic carbocycles. The van der Waals surface area contributed by atoms with Crippen molar-refractivity contribution in [3.63, 3.8) is 0 Å². The molecule has 0 amide bonds. The fourth-order valence-corrected chi connectivity index (χ4v) is 5.55. The van der Waals surface area contributed by atoms with Gasteiger partial charge in [0.25, 0.3) is 0 Å². The molecule has 2 aromatic carbocycles. The predicted molar refractivity (Wildman–Crippen MR) is 179 cm³/mol. The van der Waals surface area contributed by atoms with Crippen LogP contribution in [-0.4, -0.2) is 0 Å². The van der Waals surface area contributed by atoms with Crippen molar-refractivity contribution < 1.29 is 0 Å². The van der Waals surface area contributed by atoms with Gasteiger partial charge in [0.05, 0.1) is 0 Å². The second-order valence-electron chi connectivity index (χ2n) is 13.2. The molecule has 2 aliphatic rings. The average molecular weight is 577 g/mol. The first-order valence-corrected chi connectivity index (χ1v) is 14.8. The molecule has 4 rings (SSSR count). The SMILES string of the molecule is Cc1ccc(/C=C/C2=CC(=C(C#N)C#N)CC(C)(C)C2)cc1.Cc1ccc(/C=C/C2=CC(=C(C#N)C#N)CC(C)(C)C2)cc1. The summed E-state index contributed by atoms with van der Waals surface area (Å²) in [6.07, 6.45) is 15.8. The number of nitrogens with zero attached hydrogens (tertiary/aromatic N) is 4. The fraction of sp³-hybridized carbons (Fsp3) is 0.300. The van der Waals surface area contributed by atoms with E-state index in [2.05, 4.69) is 114 Å². The third-order valence-corrected chi connectivity index (χ3v) is 7.65. The quantitative estimate of drug-likeness (QED) is 0.338. The summed E-state index contributed by atoms with van der Waals surface area (Å²) in [5.41, 5.74) is 9.41. The van der Waals surface area contributed by atoms with Crippen LogP contribution in [0, 0.1) is 70.0 Å². The van der Waals surface area contributed by atoms with Crippen molar-refractivity contribution in [2.24, 2.45) is 10.8 Å². The van der Waals surface area contributed by atoms with E-state index in [1.165, 1.54) is 11.1 Å². The van der Waals surface area contributed by atoms with Crippen LogP contribution >= 0.6 is 0 Å². The summed E-state index contributed by atoms with van der Waals surface area (Å²) in [4.78, 5) is 0. The van der Waals surface area contributed by atoms with Crippen molar-refractivity contribution in [1.82, 2.24) is 0 Å². The first-order chi connectivity index (χ1) is 20.9. The molecule has 0 aromatic heterocycles. The third-order valence-electron chi connectivity index (χ3n) is 7.65. The Morgan fingerprint density at radius 3 is 1.14 bits per heavy atom. The topological polar surface area (TPSA) is 95.2 Å². The van der Waals surface area contributed by atoms with Gasteiger partial charge in [0, 0.05) is 0 Å². The Balaban J connectivity index is 0.000000240. The van der Waals surface area contributed by atoms with Gasteiger partial charge in [-0.3, -0.25) is 0 Å². The zero-order valence-corrected chi connectivity index (χ0v) is 26.7. The lowest BCUT2D eigenvalue weighted by Gasteiger charge is -2.30. The molecule has 4 nitrogen and oxygen atoms in total. The predicted octanol–water partition coefficient (Wildman–Crippen LogP) is 10.2. The number of aryl methyl sites for hydroxylation is 2. The van der Waals surface area contributed by atoms with Crippen molar-refractivity contribution >= 4 is 12.2 Å². The van der Waals surface area contributed by atoms with Crippen LogP contribution in [0.5, 0.6) is 0 Å². The number of benzene rings is 2. The van der Waals surface area contributed by atoms with E-state index in [9.17, 15) is 0 Å². The van der Waals surface area contributed by atoms with Crippen molar-refractivity contribution in [3.8, 4) is 24.3 Å². The van der Waals surface area contributed by atoms with Gasteiger partial charge in [-0.1, -0.05) is 124 Å². The van der Waals surface area contributed by atoms with Gasteiger partial charge in [0.2, 0.25) is 0 Å². The second-order valence-corrected chi connectivity index (χ2v) is 13.2. The van der Waals surface area contributed by atoms with Crippen molar-refractivity contribution in [2.45, 2.75) is 67.2 Å². The maximum absolute atomic E-state index is 9.09. The Morgan fingerprint density at radius 1 is 0.523 bits per heavy atom. The number of rotatable bonds is 4. The Bertz CT molecular complexity index is 1560. The van der Waals surface area contributed by atoms with E-state index in [0.717, 1.165) is 59.1 Å². The standard InChI is InChI=1S/2C20H20N2/c2*1-15-4-6-16(7-5-15)8-9-17-10-18(19(13-21)14-22)12-20(2,3)11-17/h2*4-10H,11-12H2,1-3H3/b2*9-8+. The van der Waals surface area contributed by atoms with Crippen LogP contribution < -0.4 is 0 Å². The van der Waals surface area contributed by atoms with Gasteiger partial charge in [-0.05, 0) is 83.8 Å². The van der Waals surface area contributed by atoms with Crippen molar-refractivity contribution in [1.29, 1.82) is 21.0 Å². The Morgan fingerprint density at radius 2 is 0.841 bits per heavy atom. The van der Waals surface area contributed by atoms with E-state index >= 15 is 0 Å². The highest BCUT2D eigenvalue weighted by Gasteiger charge is 2.27. The van der Waals surface area contributed by atoms with E-state index in [4.69, 9.17) is 21.0 Å². The molecule has 0 spiro atoms. The monoisotopic (exact) mass is 576 g/mol. The van der Waals surface area contributed by atoms with Crippen LogP contribution in [0.3, 0.4) is 0 Å². The van der Waals surface area contributed by atoms with Crippen molar-refractivity contribution in [3.05, 3.63) is 129 Å². The molecule has 0 bridgehead atoms. The van der Waals surface area contributed by atoms with Gasteiger partial charge in [0.15, 0.2) is 0 Å².